The van der Waals surface area contributed by atoms with Crippen molar-refractivity contribution in [3.63, 3.8) is 0 Å². The predicted molar refractivity (Wildman–Crippen MR) is 104 cm³/mol. The lowest BCUT2D eigenvalue weighted by Crippen LogP contribution is -2.34. The molecule has 0 aliphatic carbocycles. The van der Waals surface area contributed by atoms with Gasteiger partial charge in [-0.2, -0.15) is 0 Å². The molecule has 0 saturated carbocycles. The van der Waals surface area contributed by atoms with Gasteiger partial charge < -0.3 is 19.9 Å². The first-order chi connectivity index (χ1) is 13.0. The molecule has 0 heterocycles. The highest BCUT2D eigenvalue weighted by molar-refractivity contribution is 9.10. The fourth-order valence-corrected chi connectivity index (χ4v) is 2.56. The second kappa shape index (κ2) is 10.5. The smallest absolute Gasteiger partial charge is 0.460 e. The summed E-state index contributed by atoms with van der Waals surface area (Å²) in [7, 11) is 0. The van der Waals surface area contributed by atoms with E-state index in [1.165, 1.54) is 6.08 Å². The highest BCUT2D eigenvalue weighted by Crippen LogP contribution is 2.18. The van der Waals surface area contributed by atoms with Crippen molar-refractivity contribution in [1.82, 2.24) is 0 Å². The molecule has 0 amide bonds. The number of nitrogens with two attached hydrogens (primary N) is 1. The van der Waals surface area contributed by atoms with Crippen molar-refractivity contribution in [3.05, 3.63) is 76.8 Å². The van der Waals surface area contributed by atoms with E-state index in [-0.39, 0.29) is 13.2 Å². The third-order valence-corrected chi connectivity index (χ3v) is 4.30. The SMILES string of the molecule is C=CCOC(=O)[C@@H](N)Cc1ccc(OC(=O)OCc2ccccc2Br)cc1. The molecule has 1 atom stereocenters. The van der Waals surface area contributed by atoms with Crippen LogP contribution in [-0.2, 0) is 27.3 Å². The summed E-state index contributed by atoms with van der Waals surface area (Å²) in [6.45, 7) is 3.70. The molecular formula is C20H20BrNO5. The molecule has 0 saturated heterocycles. The number of hydrogen-bond donors (Lipinski definition) is 1. The molecule has 0 aliphatic heterocycles. The van der Waals surface area contributed by atoms with Crippen molar-refractivity contribution in [1.29, 1.82) is 0 Å². The van der Waals surface area contributed by atoms with Gasteiger partial charge in [-0.3, -0.25) is 4.79 Å². The van der Waals surface area contributed by atoms with Crippen LogP contribution >= 0.6 is 15.9 Å². The van der Waals surface area contributed by atoms with Crippen molar-refractivity contribution in [3.8, 4) is 5.75 Å². The maximum atomic E-state index is 11.8. The molecule has 142 valence electrons. The maximum Gasteiger partial charge on any atom is 0.514 e. The number of hydrogen-bond acceptors (Lipinski definition) is 6. The molecule has 0 bridgehead atoms. The van der Waals surface area contributed by atoms with Crippen LogP contribution in [0.5, 0.6) is 5.75 Å². The van der Waals surface area contributed by atoms with Crippen LogP contribution in [0.1, 0.15) is 11.1 Å². The van der Waals surface area contributed by atoms with E-state index in [0.717, 1.165) is 15.6 Å². The van der Waals surface area contributed by atoms with Crippen LogP contribution in [0, 0.1) is 0 Å². The second-order valence-electron chi connectivity index (χ2n) is 5.61. The van der Waals surface area contributed by atoms with Gasteiger partial charge in [0, 0.05) is 10.0 Å². The van der Waals surface area contributed by atoms with Gasteiger partial charge in [0.1, 0.15) is 25.0 Å². The highest BCUT2D eigenvalue weighted by Gasteiger charge is 2.15. The summed E-state index contributed by atoms with van der Waals surface area (Å²) in [5.74, 6) is -0.162. The van der Waals surface area contributed by atoms with E-state index in [4.69, 9.17) is 19.9 Å². The van der Waals surface area contributed by atoms with E-state index < -0.39 is 18.2 Å². The molecule has 0 fully saturated rings. The Hall–Kier alpha value is -2.64. The van der Waals surface area contributed by atoms with Gasteiger partial charge in [-0.1, -0.05) is 58.9 Å². The fourth-order valence-electron chi connectivity index (χ4n) is 2.16. The number of rotatable bonds is 8. The molecule has 0 aliphatic rings. The van der Waals surface area contributed by atoms with Crippen molar-refractivity contribution >= 4 is 28.1 Å². The minimum Gasteiger partial charge on any atom is -0.460 e. The first kappa shape index (κ1) is 20.7. The quantitative estimate of drug-likeness (QED) is 0.387. The first-order valence-corrected chi connectivity index (χ1v) is 8.99. The van der Waals surface area contributed by atoms with Gasteiger partial charge in [0.25, 0.3) is 0 Å². The zero-order valence-electron chi connectivity index (χ0n) is 14.6. The summed E-state index contributed by atoms with van der Waals surface area (Å²) in [5.41, 5.74) is 7.45. The fraction of sp³-hybridized carbons (Fsp3) is 0.200. The van der Waals surface area contributed by atoms with E-state index in [9.17, 15) is 9.59 Å². The van der Waals surface area contributed by atoms with Gasteiger partial charge >= 0.3 is 12.1 Å². The zero-order valence-corrected chi connectivity index (χ0v) is 16.2. The van der Waals surface area contributed by atoms with Gasteiger partial charge in [-0.05, 0) is 30.2 Å². The molecule has 7 heteroatoms. The van der Waals surface area contributed by atoms with Crippen molar-refractivity contribution in [2.75, 3.05) is 6.61 Å². The Kier molecular flexibility index (Phi) is 8.03. The van der Waals surface area contributed by atoms with Crippen LogP contribution in [0.15, 0.2) is 65.7 Å². The average molecular weight is 434 g/mol. The normalized spacial score (nSPS) is 11.3. The average Bonchev–Trinajstić information content (AvgIpc) is 2.67. The minimum atomic E-state index is -0.803. The Balaban J connectivity index is 1.82. The Bertz CT molecular complexity index is 791. The van der Waals surface area contributed by atoms with Gasteiger partial charge in [0.15, 0.2) is 0 Å². The lowest BCUT2D eigenvalue weighted by Gasteiger charge is -2.11. The summed E-state index contributed by atoms with van der Waals surface area (Å²) in [5, 5.41) is 0. The Labute approximate surface area is 166 Å². The molecule has 0 spiro atoms. The van der Waals surface area contributed by atoms with Crippen LogP contribution in [0.4, 0.5) is 4.79 Å². The van der Waals surface area contributed by atoms with Crippen LogP contribution < -0.4 is 10.5 Å². The highest BCUT2D eigenvalue weighted by atomic mass is 79.9. The van der Waals surface area contributed by atoms with Gasteiger partial charge in [-0.15, -0.1) is 0 Å². The summed E-state index contributed by atoms with van der Waals surface area (Å²) >= 11 is 3.38. The number of ether oxygens (including phenoxy) is 3. The van der Waals surface area contributed by atoms with Gasteiger partial charge in [-0.25, -0.2) is 4.79 Å². The standard InChI is InChI=1S/C20H20BrNO5/c1-2-11-25-19(23)18(22)12-14-7-9-16(10-8-14)27-20(24)26-13-15-5-3-4-6-17(15)21/h2-10,18H,1,11-13,22H2/t18-/m0/s1. The number of halogens is 1. The molecule has 27 heavy (non-hydrogen) atoms. The number of esters is 1. The number of benzene rings is 2. The van der Waals surface area contributed by atoms with Crippen molar-refractivity contribution < 1.29 is 23.8 Å². The first-order valence-electron chi connectivity index (χ1n) is 8.19. The summed E-state index contributed by atoms with van der Waals surface area (Å²) in [6.07, 6.45) is 0.984. The maximum absolute atomic E-state index is 11.8. The topological polar surface area (TPSA) is 87.9 Å². The lowest BCUT2D eigenvalue weighted by molar-refractivity contribution is -0.143. The monoisotopic (exact) mass is 433 g/mol. The third-order valence-electron chi connectivity index (χ3n) is 3.53. The zero-order chi connectivity index (χ0) is 19.6. The molecule has 6 nitrogen and oxygen atoms in total. The van der Waals surface area contributed by atoms with Crippen molar-refractivity contribution in [2.24, 2.45) is 5.73 Å². The number of carbonyl (C=O) groups excluding carboxylic acids is 2. The predicted octanol–water partition coefficient (Wildman–Crippen LogP) is 3.76. The molecule has 2 N–H and O–H groups in total. The van der Waals surface area contributed by atoms with E-state index >= 15 is 0 Å². The Morgan fingerprint density at radius 1 is 1.11 bits per heavy atom. The molecule has 0 aromatic heterocycles. The molecular weight excluding hydrogens is 414 g/mol. The van der Waals surface area contributed by atoms with E-state index in [2.05, 4.69) is 22.5 Å². The van der Waals surface area contributed by atoms with Gasteiger partial charge in [0.2, 0.25) is 0 Å². The molecule has 2 rings (SSSR count). The minimum absolute atomic E-state index is 0.0972. The summed E-state index contributed by atoms with van der Waals surface area (Å²) in [4.78, 5) is 23.4. The lowest BCUT2D eigenvalue weighted by atomic mass is 10.1. The van der Waals surface area contributed by atoms with Crippen LogP contribution in [-0.4, -0.2) is 24.8 Å². The molecule has 2 aromatic carbocycles. The van der Waals surface area contributed by atoms with E-state index in [0.29, 0.717) is 12.2 Å². The Morgan fingerprint density at radius 2 is 1.81 bits per heavy atom. The molecule has 0 unspecified atom stereocenters. The largest absolute Gasteiger partial charge is 0.514 e. The van der Waals surface area contributed by atoms with E-state index in [1.54, 1.807) is 24.3 Å². The Morgan fingerprint density at radius 3 is 2.48 bits per heavy atom. The summed E-state index contributed by atoms with van der Waals surface area (Å²) < 4.78 is 16.0. The summed E-state index contributed by atoms with van der Waals surface area (Å²) in [6, 6.07) is 13.3. The number of carbonyl (C=O) groups is 2. The van der Waals surface area contributed by atoms with Crippen LogP contribution in [0.2, 0.25) is 0 Å². The second-order valence-corrected chi connectivity index (χ2v) is 6.46. The van der Waals surface area contributed by atoms with Gasteiger partial charge in [0.05, 0.1) is 0 Å². The van der Waals surface area contributed by atoms with Crippen molar-refractivity contribution in [2.45, 2.75) is 19.1 Å². The molecule has 0 radical (unpaired) electrons. The third kappa shape index (κ3) is 6.88. The van der Waals surface area contributed by atoms with E-state index in [1.807, 2.05) is 24.3 Å². The van der Waals surface area contributed by atoms with Crippen LogP contribution in [0.3, 0.4) is 0 Å². The molecule has 2 aromatic rings. The van der Waals surface area contributed by atoms with Crippen LogP contribution in [0.25, 0.3) is 0 Å².